The fourth-order valence-corrected chi connectivity index (χ4v) is 3.10. The highest BCUT2D eigenvalue weighted by Gasteiger charge is 2.44. The van der Waals surface area contributed by atoms with Gasteiger partial charge in [0.1, 0.15) is 0 Å². The Balaban J connectivity index is 1.77. The second-order valence-corrected chi connectivity index (χ2v) is 5.56. The zero-order chi connectivity index (χ0) is 14.8. The van der Waals surface area contributed by atoms with E-state index in [2.05, 4.69) is 4.90 Å². The number of likely N-dealkylation sites (tertiary alicyclic amines) is 1. The number of rotatable bonds is 3. The van der Waals surface area contributed by atoms with Gasteiger partial charge in [0.15, 0.2) is 0 Å². The smallest absolute Gasteiger partial charge is 0.247 e. The zero-order valence-electron chi connectivity index (χ0n) is 12.2. The summed E-state index contributed by atoms with van der Waals surface area (Å²) >= 11 is 0. The molecule has 0 aliphatic carbocycles. The summed E-state index contributed by atoms with van der Waals surface area (Å²) < 4.78 is 5.31. The Hall–Kier alpha value is -1.72. The third kappa shape index (κ3) is 2.71. The van der Waals surface area contributed by atoms with Gasteiger partial charge in [0, 0.05) is 13.1 Å². The van der Waals surface area contributed by atoms with Crippen LogP contribution in [0.1, 0.15) is 24.9 Å². The topological polar surface area (TPSA) is 49.9 Å². The molecule has 112 valence electrons. The number of imide groups is 1. The molecule has 2 fully saturated rings. The molecule has 5 nitrogen and oxygen atoms in total. The first-order valence-electron chi connectivity index (χ1n) is 7.41. The summed E-state index contributed by atoms with van der Waals surface area (Å²) in [6.07, 6.45) is 0.288. The highest BCUT2D eigenvalue weighted by atomic mass is 16.5. The van der Waals surface area contributed by atoms with E-state index in [1.54, 1.807) is 0 Å². The largest absolute Gasteiger partial charge is 0.379 e. The van der Waals surface area contributed by atoms with Crippen molar-refractivity contribution in [2.75, 3.05) is 26.3 Å². The van der Waals surface area contributed by atoms with Gasteiger partial charge in [-0.25, -0.2) is 0 Å². The Morgan fingerprint density at radius 2 is 1.81 bits per heavy atom. The van der Waals surface area contributed by atoms with Crippen LogP contribution in [0.15, 0.2) is 30.3 Å². The van der Waals surface area contributed by atoms with Gasteiger partial charge in [-0.2, -0.15) is 0 Å². The summed E-state index contributed by atoms with van der Waals surface area (Å²) in [5.41, 5.74) is 0.988. The SMILES string of the molecule is C[C@@H](c1ccccc1)N1C(=O)C[C@@H](N2CCOCC2)C1=O. The van der Waals surface area contributed by atoms with Crippen molar-refractivity contribution in [2.45, 2.75) is 25.4 Å². The minimum atomic E-state index is -0.312. The van der Waals surface area contributed by atoms with Crippen LogP contribution in [0.2, 0.25) is 0 Å². The van der Waals surface area contributed by atoms with E-state index >= 15 is 0 Å². The molecule has 2 heterocycles. The van der Waals surface area contributed by atoms with Crippen molar-refractivity contribution >= 4 is 11.8 Å². The number of hydrogen-bond donors (Lipinski definition) is 0. The minimum absolute atomic E-state index is 0.0711. The Bertz CT molecular complexity index is 526. The fraction of sp³-hybridized carbons (Fsp3) is 0.500. The van der Waals surface area contributed by atoms with Crippen LogP contribution in [-0.4, -0.2) is 54.0 Å². The molecule has 2 atom stereocenters. The first-order valence-corrected chi connectivity index (χ1v) is 7.41. The Morgan fingerprint density at radius 3 is 2.48 bits per heavy atom. The average molecular weight is 288 g/mol. The molecule has 1 aromatic rings. The van der Waals surface area contributed by atoms with Crippen LogP contribution in [0.5, 0.6) is 0 Å². The van der Waals surface area contributed by atoms with Gasteiger partial charge in [0.25, 0.3) is 0 Å². The standard InChI is InChI=1S/C16H20N2O3/c1-12(13-5-3-2-4-6-13)18-15(19)11-14(16(18)20)17-7-9-21-10-8-17/h2-6,12,14H,7-11H2,1H3/t12-,14+/m0/s1. The maximum atomic E-state index is 12.7. The first-order chi connectivity index (χ1) is 10.2. The Labute approximate surface area is 124 Å². The monoisotopic (exact) mass is 288 g/mol. The van der Waals surface area contributed by atoms with Gasteiger partial charge in [-0.3, -0.25) is 19.4 Å². The van der Waals surface area contributed by atoms with Gasteiger partial charge in [0.2, 0.25) is 11.8 Å². The second-order valence-electron chi connectivity index (χ2n) is 5.56. The van der Waals surface area contributed by atoms with E-state index in [4.69, 9.17) is 4.74 Å². The van der Waals surface area contributed by atoms with Crippen molar-refractivity contribution in [2.24, 2.45) is 0 Å². The van der Waals surface area contributed by atoms with Crippen LogP contribution < -0.4 is 0 Å². The van der Waals surface area contributed by atoms with Crippen LogP contribution in [0.3, 0.4) is 0 Å². The molecule has 2 saturated heterocycles. The number of amides is 2. The lowest BCUT2D eigenvalue weighted by molar-refractivity contribution is -0.142. The molecule has 5 heteroatoms. The minimum Gasteiger partial charge on any atom is -0.379 e. The highest BCUT2D eigenvalue weighted by molar-refractivity contribution is 6.05. The molecule has 1 aromatic carbocycles. The lowest BCUT2D eigenvalue weighted by atomic mass is 10.1. The molecule has 0 saturated carbocycles. The van der Waals surface area contributed by atoms with Crippen molar-refractivity contribution in [1.82, 2.24) is 9.80 Å². The molecular formula is C16H20N2O3. The van der Waals surface area contributed by atoms with Crippen LogP contribution in [0.25, 0.3) is 0 Å². The number of ether oxygens (including phenoxy) is 1. The Kier molecular flexibility index (Phi) is 4.03. The maximum Gasteiger partial charge on any atom is 0.247 e. The molecule has 3 rings (SSSR count). The molecule has 0 bridgehead atoms. The van der Waals surface area contributed by atoms with Crippen LogP contribution in [0, 0.1) is 0 Å². The maximum absolute atomic E-state index is 12.7. The average Bonchev–Trinajstić information content (AvgIpc) is 2.83. The number of carbonyl (C=O) groups excluding carboxylic acids is 2. The molecule has 0 radical (unpaired) electrons. The normalized spacial score (nSPS) is 25.4. The van der Waals surface area contributed by atoms with Gasteiger partial charge in [-0.15, -0.1) is 0 Å². The predicted molar refractivity (Wildman–Crippen MR) is 77.5 cm³/mol. The summed E-state index contributed by atoms with van der Waals surface area (Å²) in [5.74, 6) is -0.147. The molecule has 0 spiro atoms. The van der Waals surface area contributed by atoms with Crippen molar-refractivity contribution in [3.05, 3.63) is 35.9 Å². The third-order valence-electron chi connectivity index (χ3n) is 4.31. The molecule has 2 aliphatic rings. The van der Waals surface area contributed by atoms with Gasteiger partial charge >= 0.3 is 0 Å². The lowest BCUT2D eigenvalue weighted by Gasteiger charge is -2.31. The molecular weight excluding hydrogens is 268 g/mol. The van der Waals surface area contributed by atoms with Crippen LogP contribution in [-0.2, 0) is 14.3 Å². The quantitative estimate of drug-likeness (QED) is 0.784. The third-order valence-corrected chi connectivity index (χ3v) is 4.31. The summed E-state index contributed by atoms with van der Waals surface area (Å²) in [6, 6.07) is 9.16. The van der Waals surface area contributed by atoms with E-state index in [0.29, 0.717) is 13.2 Å². The summed E-state index contributed by atoms with van der Waals surface area (Å²) in [7, 11) is 0. The Morgan fingerprint density at radius 1 is 1.14 bits per heavy atom. The van der Waals surface area contributed by atoms with E-state index in [1.165, 1.54) is 4.90 Å². The number of benzene rings is 1. The van der Waals surface area contributed by atoms with Gasteiger partial charge < -0.3 is 4.74 Å². The zero-order valence-corrected chi connectivity index (χ0v) is 12.2. The van der Waals surface area contributed by atoms with Crippen LogP contribution >= 0.6 is 0 Å². The summed E-state index contributed by atoms with van der Waals surface area (Å²) in [4.78, 5) is 28.4. The summed E-state index contributed by atoms with van der Waals surface area (Å²) in [5, 5.41) is 0. The van der Waals surface area contributed by atoms with Gasteiger partial charge in [-0.05, 0) is 12.5 Å². The van der Waals surface area contributed by atoms with Crippen molar-refractivity contribution in [1.29, 1.82) is 0 Å². The van der Waals surface area contributed by atoms with E-state index in [-0.39, 0.29) is 30.3 Å². The highest BCUT2D eigenvalue weighted by Crippen LogP contribution is 2.29. The lowest BCUT2D eigenvalue weighted by Crippen LogP contribution is -2.47. The summed E-state index contributed by atoms with van der Waals surface area (Å²) in [6.45, 7) is 4.61. The van der Waals surface area contributed by atoms with E-state index in [9.17, 15) is 9.59 Å². The molecule has 0 aromatic heterocycles. The van der Waals surface area contributed by atoms with Gasteiger partial charge in [-0.1, -0.05) is 30.3 Å². The van der Waals surface area contributed by atoms with E-state index in [0.717, 1.165) is 18.7 Å². The number of nitrogens with zero attached hydrogens (tertiary/aromatic N) is 2. The number of morpholine rings is 1. The molecule has 21 heavy (non-hydrogen) atoms. The second kappa shape index (κ2) is 5.95. The van der Waals surface area contributed by atoms with Gasteiger partial charge in [0.05, 0.1) is 31.7 Å². The fourth-order valence-electron chi connectivity index (χ4n) is 3.10. The van der Waals surface area contributed by atoms with Crippen molar-refractivity contribution in [3.8, 4) is 0 Å². The first kappa shape index (κ1) is 14.2. The van der Waals surface area contributed by atoms with E-state index in [1.807, 2.05) is 37.3 Å². The molecule has 2 aliphatic heterocycles. The number of hydrogen-bond acceptors (Lipinski definition) is 4. The number of carbonyl (C=O) groups is 2. The van der Waals surface area contributed by atoms with Crippen LogP contribution in [0.4, 0.5) is 0 Å². The van der Waals surface area contributed by atoms with E-state index < -0.39 is 0 Å². The van der Waals surface area contributed by atoms with Crippen molar-refractivity contribution in [3.63, 3.8) is 0 Å². The molecule has 0 unspecified atom stereocenters. The predicted octanol–water partition coefficient (Wildman–Crippen LogP) is 1.21. The molecule has 2 amide bonds. The van der Waals surface area contributed by atoms with Crippen molar-refractivity contribution < 1.29 is 14.3 Å². The molecule has 0 N–H and O–H groups in total.